The Kier molecular flexibility index (Phi) is 12.4. The zero-order valence-electron chi connectivity index (χ0n) is 13.0. The van der Waals surface area contributed by atoms with E-state index in [4.69, 9.17) is 5.11 Å². The highest BCUT2D eigenvalue weighted by Crippen LogP contribution is 2.08. The molecule has 0 unspecified atom stereocenters. The fraction of sp³-hybridized carbons (Fsp3) is 0.647. The van der Waals surface area contributed by atoms with Crippen LogP contribution in [0, 0.1) is 0 Å². The highest BCUT2D eigenvalue weighted by molar-refractivity contribution is 5.89. The molecule has 0 aromatic carbocycles. The van der Waals surface area contributed by atoms with Crippen LogP contribution in [0.5, 0.6) is 0 Å². The lowest BCUT2D eigenvalue weighted by molar-refractivity contribution is -0.137. The number of aliphatic hydroxyl groups excluding tert-OH is 1. The van der Waals surface area contributed by atoms with E-state index >= 15 is 0 Å². The molecule has 0 radical (unpaired) electrons. The molecule has 4 heteroatoms. The maximum atomic E-state index is 11.6. The highest BCUT2D eigenvalue weighted by Gasteiger charge is 1.99. The van der Waals surface area contributed by atoms with Crippen molar-refractivity contribution in [1.29, 1.82) is 0 Å². The number of carbonyl (C=O) groups is 2. The van der Waals surface area contributed by atoms with Crippen molar-refractivity contribution >= 4 is 11.8 Å². The van der Waals surface area contributed by atoms with Gasteiger partial charge < -0.3 is 10.2 Å². The molecule has 0 saturated carbocycles. The van der Waals surface area contributed by atoms with E-state index in [1.54, 1.807) is 6.08 Å². The summed E-state index contributed by atoms with van der Waals surface area (Å²) in [6, 6.07) is 0. The predicted octanol–water partition coefficient (Wildman–Crippen LogP) is 4.56. The standard InChI is InChI=1S/C17H28O4/c1-2-3-7-10-15(18)13-14-16(19)11-8-5-4-6-9-12-17(20)21/h10,13-14,18H,2-9,11-12H2,1H3,(H,20,21). The predicted molar refractivity (Wildman–Crippen MR) is 84.3 cm³/mol. The molecule has 0 spiro atoms. The van der Waals surface area contributed by atoms with Gasteiger partial charge in [-0.1, -0.05) is 32.6 Å². The van der Waals surface area contributed by atoms with Gasteiger partial charge in [0.2, 0.25) is 0 Å². The van der Waals surface area contributed by atoms with E-state index in [2.05, 4.69) is 6.92 Å². The molecule has 0 rings (SSSR count). The first kappa shape index (κ1) is 19.4. The molecule has 120 valence electrons. The van der Waals surface area contributed by atoms with Gasteiger partial charge in [-0.25, -0.2) is 0 Å². The maximum absolute atomic E-state index is 11.6. The van der Waals surface area contributed by atoms with Gasteiger partial charge in [0.15, 0.2) is 5.78 Å². The summed E-state index contributed by atoms with van der Waals surface area (Å²) in [4.78, 5) is 21.9. The van der Waals surface area contributed by atoms with Crippen molar-refractivity contribution in [2.45, 2.75) is 71.1 Å². The Morgan fingerprint density at radius 2 is 1.48 bits per heavy atom. The summed E-state index contributed by atoms with van der Waals surface area (Å²) in [6.45, 7) is 2.09. The van der Waals surface area contributed by atoms with Gasteiger partial charge >= 0.3 is 5.97 Å². The second-order valence-corrected chi connectivity index (χ2v) is 5.23. The van der Waals surface area contributed by atoms with Crippen molar-refractivity contribution in [2.24, 2.45) is 0 Å². The van der Waals surface area contributed by atoms with Gasteiger partial charge in [0.25, 0.3) is 0 Å². The van der Waals surface area contributed by atoms with Crippen LogP contribution in [0.1, 0.15) is 71.1 Å². The number of allylic oxidation sites excluding steroid dienone is 3. The molecule has 0 amide bonds. The van der Waals surface area contributed by atoms with E-state index in [0.29, 0.717) is 12.8 Å². The Morgan fingerprint density at radius 3 is 2.10 bits per heavy atom. The van der Waals surface area contributed by atoms with E-state index < -0.39 is 5.97 Å². The fourth-order valence-corrected chi connectivity index (χ4v) is 1.89. The molecule has 0 aliphatic rings. The summed E-state index contributed by atoms with van der Waals surface area (Å²) in [6.07, 6.45) is 12.6. The zero-order valence-corrected chi connectivity index (χ0v) is 13.0. The van der Waals surface area contributed by atoms with Gasteiger partial charge in [0.05, 0.1) is 0 Å². The van der Waals surface area contributed by atoms with Crippen LogP contribution in [0.2, 0.25) is 0 Å². The van der Waals surface area contributed by atoms with E-state index in [0.717, 1.165) is 44.9 Å². The molecule has 4 nitrogen and oxygen atoms in total. The van der Waals surface area contributed by atoms with Gasteiger partial charge in [0, 0.05) is 12.8 Å². The van der Waals surface area contributed by atoms with Crippen molar-refractivity contribution in [2.75, 3.05) is 0 Å². The lowest BCUT2D eigenvalue weighted by Gasteiger charge is -1.99. The topological polar surface area (TPSA) is 74.6 Å². The quantitative estimate of drug-likeness (QED) is 0.226. The van der Waals surface area contributed by atoms with E-state index in [1.807, 2.05) is 0 Å². The van der Waals surface area contributed by atoms with Crippen molar-refractivity contribution < 1.29 is 19.8 Å². The Bertz CT molecular complexity index is 356. The van der Waals surface area contributed by atoms with Gasteiger partial charge in [0.1, 0.15) is 5.76 Å². The van der Waals surface area contributed by atoms with Crippen LogP contribution in [-0.2, 0) is 9.59 Å². The average Bonchev–Trinajstić information content (AvgIpc) is 2.44. The Labute approximate surface area is 127 Å². The van der Waals surface area contributed by atoms with Crippen LogP contribution in [0.4, 0.5) is 0 Å². The van der Waals surface area contributed by atoms with E-state index in [1.165, 1.54) is 12.2 Å². The van der Waals surface area contributed by atoms with E-state index in [9.17, 15) is 14.7 Å². The van der Waals surface area contributed by atoms with Gasteiger partial charge in [-0.3, -0.25) is 9.59 Å². The van der Waals surface area contributed by atoms with Crippen molar-refractivity contribution in [3.05, 3.63) is 24.0 Å². The van der Waals surface area contributed by atoms with Crippen LogP contribution < -0.4 is 0 Å². The first-order valence-corrected chi connectivity index (χ1v) is 7.88. The monoisotopic (exact) mass is 296 g/mol. The number of rotatable bonds is 13. The molecular formula is C17H28O4. The minimum absolute atomic E-state index is 0.0241. The van der Waals surface area contributed by atoms with Gasteiger partial charge in [-0.05, 0) is 43.9 Å². The third-order valence-electron chi connectivity index (χ3n) is 3.16. The fourth-order valence-electron chi connectivity index (χ4n) is 1.89. The lowest BCUT2D eigenvalue weighted by Crippen LogP contribution is -1.95. The number of hydrogen-bond donors (Lipinski definition) is 2. The minimum atomic E-state index is -0.748. The molecule has 0 aromatic rings. The summed E-state index contributed by atoms with van der Waals surface area (Å²) in [5.41, 5.74) is 0. The molecule has 0 bridgehead atoms. The van der Waals surface area contributed by atoms with Crippen molar-refractivity contribution in [3.8, 4) is 0 Å². The van der Waals surface area contributed by atoms with Gasteiger partial charge in [-0.2, -0.15) is 0 Å². The molecule has 0 atom stereocenters. The summed E-state index contributed by atoms with van der Waals surface area (Å²) in [5.74, 6) is -0.566. The number of unbranched alkanes of at least 4 members (excludes halogenated alkanes) is 6. The van der Waals surface area contributed by atoms with Crippen molar-refractivity contribution in [1.82, 2.24) is 0 Å². The largest absolute Gasteiger partial charge is 0.508 e. The van der Waals surface area contributed by atoms with Crippen LogP contribution >= 0.6 is 0 Å². The highest BCUT2D eigenvalue weighted by atomic mass is 16.4. The Morgan fingerprint density at radius 1 is 0.857 bits per heavy atom. The van der Waals surface area contributed by atoms with Crippen LogP contribution in [0.3, 0.4) is 0 Å². The normalized spacial score (nSPS) is 12.0. The van der Waals surface area contributed by atoms with Gasteiger partial charge in [-0.15, -0.1) is 0 Å². The number of carbonyl (C=O) groups excluding carboxylic acids is 1. The Hall–Kier alpha value is -1.58. The van der Waals surface area contributed by atoms with Crippen LogP contribution in [0.15, 0.2) is 24.0 Å². The third kappa shape index (κ3) is 14.6. The number of carboxylic acid groups (broad SMARTS) is 1. The summed E-state index contributed by atoms with van der Waals surface area (Å²) in [7, 11) is 0. The second kappa shape index (κ2) is 13.4. The van der Waals surface area contributed by atoms with Crippen LogP contribution in [0.25, 0.3) is 0 Å². The average molecular weight is 296 g/mol. The number of carboxylic acids is 1. The SMILES string of the molecule is CCCCC=C(O)C=CC(=O)CCCCCCCC(=O)O. The second-order valence-electron chi connectivity index (χ2n) is 5.23. The number of ketones is 1. The molecule has 0 heterocycles. The molecule has 2 N–H and O–H groups in total. The number of hydrogen-bond acceptors (Lipinski definition) is 3. The molecule has 0 aromatic heterocycles. The lowest BCUT2D eigenvalue weighted by atomic mass is 10.1. The molecule has 0 saturated heterocycles. The third-order valence-corrected chi connectivity index (χ3v) is 3.16. The molecule has 0 aliphatic heterocycles. The first-order chi connectivity index (χ1) is 10.1. The first-order valence-electron chi connectivity index (χ1n) is 7.88. The maximum Gasteiger partial charge on any atom is 0.303 e. The smallest absolute Gasteiger partial charge is 0.303 e. The summed E-state index contributed by atoms with van der Waals surface area (Å²) in [5, 5.41) is 18.0. The Balaban J connectivity index is 3.61. The zero-order chi connectivity index (χ0) is 15.9. The van der Waals surface area contributed by atoms with Crippen molar-refractivity contribution in [3.63, 3.8) is 0 Å². The number of aliphatic carboxylic acids is 1. The molecule has 0 fully saturated rings. The number of aliphatic hydroxyl groups is 1. The summed E-state index contributed by atoms with van der Waals surface area (Å²) >= 11 is 0. The van der Waals surface area contributed by atoms with E-state index in [-0.39, 0.29) is 18.0 Å². The minimum Gasteiger partial charge on any atom is -0.508 e. The summed E-state index contributed by atoms with van der Waals surface area (Å²) < 4.78 is 0. The van der Waals surface area contributed by atoms with Crippen LogP contribution in [-0.4, -0.2) is 22.0 Å². The molecule has 0 aliphatic carbocycles. The molecular weight excluding hydrogens is 268 g/mol. The molecule has 21 heavy (non-hydrogen) atoms.